The van der Waals surface area contributed by atoms with E-state index in [1.54, 1.807) is 11.8 Å². The summed E-state index contributed by atoms with van der Waals surface area (Å²) >= 11 is 7.08. The van der Waals surface area contributed by atoms with Crippen molar-refractivity contribution in [2.75, 3.05) is 19.1 Å². The van der Waals surface area contributed by atoms with Gasteiger partial charge in [-0.15, -0.1) is 11.6 Å². The Hall–Kier alpha value is -0.790. The Bertz CT molecular complexity index is 606. The Morgan fingerprint density at radius 1 is 1.38 bits per heavy atom. The van der Waals surface area contributed by atoms with Gasteiger partial charge >= 0.3 is 5.97 Å². The van der Waals surface area contributed by atoms with Crippen LogP contribution in [0.25, 0.3) is 0 Å². The largest absolute Gasteiger partial charge is 0.462 e. The van der Waals surface area contributed by atoms with Gasteiger partial charge in [-0.25, -0.2) is 0 Å². The zero-order valence-electron chi connectivity index (χ0n) is 13.9. The second kappa shape index (κ2) is 6.84. The molecule has 0 saturated carbocycles. The van der Waals surface area contributed by atoms with Crippen molar-refractivity contribution in [3.63, 3.8) is 0 Å². The number of benzene rings is 1. The van der Waals surface area contributed by atoms with Crippen LogP contribution in [-0.2, 0) is 23.7 Å². The fourth-order valence-electron chi connectivity index (χ4n) is 2.95. The van der Waals surface area contributed by atoms with E-state index < -0.39 is 17.4 Å². The second-order valence-electron chi connectivity index (χ2n) is 6.51. The number of carbonyl (C=O) groups is 1. The molecule has 0 spiro atoms. The van der Waals surface area contributed by atoms with Crippen molar-refractivity contribution in [1.82, 2.24) is 0 Å². The van der Waals surface area contributed by atoms with Crippen LogP contribution in [0.3, 0.4) is 0 Å². The van der Waals surface area contributed by atoms with Crippen LogP contribution < -0.4 is 0 Å². The van der Waals surface area contributed by atoms with Gasteiger partial charge in [-0.1, -0.05) is 29.5 Å². The van der Waals surface area contributed by atoms with Gasteiger partial charge in [0.05, 0.1) is 6.61 Å². The molecule has 24 heavy (non-hydrogen) atoms. The lowest BCUT2D eigenvalue weighted by molar-refractivity contribution is -0.194. The minimum Gasteiger partial charge on any atom is -0.462 e. The smallest absolute Gasteiger partial charge is 0.320 e. The molecule has 1 aromatic rings. The summed E-state index contributed by atoms with van der Waals surface area (Å²) in [5, 5.41) is 0. The molecule has 1 aromatic carbocycles. The molecule has 0 unspecified atom stereocenters. The third-order valence-corrected chi connectivity index (χ3v) is 5.36. The highest BCUT2D eigenvalue weighted by molar-refractivity contribution is 7.99. The lowest BCUT2D eigenvalue weighted by Gasteiger charge is -2.26. The molecule has 3 rings (SSSR count). The van der Waals surface area contributed by atoms with Crippen LogP contribution >= 0.6 is 23.4 Å². The maximum absolute atomic E-state index is 11.4. The quantitative estimate of drug-likeness (QED) is 0.584. The van der Waals surface area contributed by atoms with Gasteiger partial charge in [-0.3, -0.25) is 4.79 Å². The summed E-state index contributed by atoms with van der Waals surface area (Å²) in [5.41, 5.74) is 0.174. The van der Waals surface area contributed by atoms with Crippen molar-refractivity contribution in [2.24, 2.45) is 0 Å². The standard InChI is InChI=1S/C17H21ClO5S/c1-11-4-6-12(7-5-11)24-15-14-17(10-21-15,9-20-13(19)8-18)23-16(2,3)22-14/h4-7,14-15H,8-10H2,1-3H3/t14-,15+,17+/m0/s1. The summed E-state index contributed by atoms with van der Waals surface area (Å²) in [7, 11) is 0. The SMILES string of the molecule is Cc1ccc(S[C@H]2OC[C@@]3(COC(=O)CCl)OC(C)(C)O[C@@H]23)cc1. The van der Waals surface area contributed by atoms with Crippen molar-refractivity contribution in [3.05, 3.63) is 29.8 Å². The summed E-state index contributed by atoms with van der Waals surface area (Å²) in [4.78, 5) is 12.5. The number of ether oxygens (including phenoxy) is 4. The van der Waals surface area contributed by atoms with Crippen molar-refractivity contribution in [3.8, 4) is 0 Å². The number of aryl methyl sites for hydroxylation is 1. The Balaban J connectivity index is 1.74. The van der Waals surface area contributed by atoms with Gasteiger partial charge in [-0.2, -0.15) is 0 Å². The fourth-order valence-corrected chi connectivity index (χ4v) is 4.15. The molecule has 0 N–H and O–H groups in total. The zero-order chi connectivity index (χ0) is 17.4. The van der Waals surface area contributed by atoms with E-state index in [9.17, 15) is 4.79 Å². The number of hydrogen-bond donors (Lipinski definition) is 0. The molecule has 0 bridgehead atoms. The third-order valence-electron chi connectivity index (χ3n) is 3.98. The first-order valence-corrected chi connectivity index (χ1v) is 9.19. The van der Waals surface area contributed by atoms with E-state index in [-0.39, 0.29) is 24.0 Å². The lowest BCUT2D eigenvalue weighted by Crippen LogP contribution is -2.46. The van der Waals surface area contributed by atoms with Gasteiger partial charge in [0.2, 0.25) is 0 Å². The summed E-state index contributed by atoms with van der Waals surface area (Å²) in [5.74, 6) is -1.42. The number of thioether (sulfide) groups is 1. The van der Waals surface area contributed by atoms with E-state index in [4.69, 9.17) is 30.5 Å². The first kappa shape index (κ1) is 18.0. The highest BCUT2D eigenvalue weighted by atomic mass is 35.5. The molecule has 2 aliphatic heterocycles. The lowest BCUT2D eigenvalue weighted by atomic mass is 10.0. The monoisotopic (exact) mass is 372 g/mol. The van der Waals surface area contributed by atoms with E-state index in [1.807, 2.05) is 20.8 Å². The van der Waals surface area contributed by atoms with Gasteiger partial charge in [-0.05, 0) is 32.9 Å². The zero-order valence-corrected chi connectivity index (χ0v) is 15.5. The van der Waals surface area contributed by atoms with Crippen molar-refractivity contribution >= 4 is 29.3 Å². The molecule has 2 heterocycles. The number of carbonyl (C=O) groups excluding carboxylic acids is 1. The number of fused-ring (bicyclic) bond motifs is 1. The molecule has 0 aliphatic carbocycles. The van der Waals surface area contributed by atoms with Crippen LogP contribution in [0.2, 0.25) is 0 Å². The van der Waals surface area contributed by atoms with Gasteiger partial charge in [0.15, 0.2) is 11.4 Å². The normalized spacial score (nSPS) is 31.0. The molecule has 0 aromatic heterocycles. The molecular weight excluding hydrogens is 352 g/mol. The van der Waals surface area contributed by atoms with Crippen LogP contribution in [0.15, 0.2) is 29.2 Å². The number of halogens is 1. The molecule has 2 saturated heterocycles. The van der Waals surface area contributed by atoms with Crippen molar-refractivity contribution < 1.29 is 23.7 Å². The molecular formula is C17H21ClO5S. The Labute approximate surface area is 150 Å². The molecule has 0 radical (unpaired) electrons. The Kier molecular flexibility index (Phi) is 5.14. The van der Waals surface area contributed by atoms with Crippen molar-refractivity contribution in [2.45, 2.75) is 48.6 Å². The minimum absolute atomic E-state index is 0.0671. The van der Waals surface area contributed by atoms with Crippen molar-refractivity contribution in [1.29, 1.82) is 0 Å². The van der Waals surface area contributed by atoms with Crippen LogP contribution in [0, 0.1) is 6.92 Å². The first-order chi connectivity index (χ1) is 11.3. The van der Waals surface area contributed by atoms with E-state index in [1.165, 1.54) is 5.56 Å². The molecule has 7 heteroatoms. The number of alkyl halides is 1. The third kappa shape index (κ3) is 3.73. The Morgan fingerprint density at radius 2 is 2.08 bits per heavy atom. The maximum Gasteiger partial charge on any atom is 0.320 e. The highest BCUT2D eigenvalue weighted by Gasteiger charge is 2.62. The van der Waals surface area contributed by atoms with Crippen LogP contribution in [0.5, 0.6) is 0 Å². The molecule has 2 aliphatic rings. The van der Waals surface area contributed by atoms with E-state index in [0.29, 0.717) is 6.61 Å². The molecule has 2 fully saturated rings. The van der Waals surface area contributed by atoms with E-state index in [0.717, 1.165) is 4.90 Å². The van der Waals surface area contributed by atoms with Crippen LogP contribution in [0.4, 0.5) is 0 Å². The topological polar surface area (TPSA) is 54.0 Å². The summed E-state index contributed by atoms with van der Waals surface area (Å²) in [6.07, 6.45) is -0.332. The summed E-state index contributed by atoms with van der Waals surface area (Å²) in [6.45, 7) is 6.12. The number of hydrogen-bond acceptors (Lipinski definition) is 6. The summed E-state index contributed by atoms with van der Waals surface area (Å²) < 4.78 is 23.2. The van der Waals surface area contributed by atoms with Gasteiger partial charge < -0.3 is 18.9 Å². The molecule has 3 atom stereocenters. The van der Waals surface area contributed by atoms with Gasteiger partial charge in [0.1, 0.15) is 24.0 Å². The van der Waals surface area contributed by atoms with Crippen LogP contribution in [0.1, 0.15) is 19.4 Å². The average molecular weight is 373 g/mol. The first-order valence-electron chi connectivity index (χ1n) is 7.78. The molecule has 132 valence electrons. The second-order valence-corrected chi connectivity index (χ2v) is 7.95. The number of rotatable bonds is 5. The maximum atomic E-state index is 11.4. The molecule has 0 amide bonds. The van der Waals surface area contributed by atoms with Crippen LogP contribution in [-0.4, -0.2) is 48.0 Å². The predicted octanol–water partition coefficient (Wildman–Crippen LogP) is 3.12. The van der Waals surface area contributed by atoms with Gasteiger partial charge in [0, 0.05) is 4.90 Å². The van der Waals surface area contributed by atoms with E-state index >= 15 is 0 Å². The number of esters is 1. The molecule has 5 nitrogen and oxygen atoms in total. The predicted molar refractivity (Wildman–Crippen MR) is 91.2 cm³/mol. The summed E-state index contributed by atoms with van der Waals surface area (Å²) in [6, 6.07) is 8.22. The fraction of sp³-hybridized carbons (Fsp3) is 0.588. The Morgan fingerprint density at radius 3 is 2.75 bits per heavy atom. The van der Waals surface area contributed by atoms with Gasteiger partial charge in [0.25, 0.3) is 0 Å². The highest BCUT2D eigenvalue weighted by Crippen LogP contribution is 2.47. The minimum atomic E-state index is -0.798. The average Bonchev–Trinajstić information content (AvgIpc) is 2.99. The van der Waals surface area contributed by atoms with E-state index in [2.05, 4.69) is 24.3 Å².